The molecule has 0 unspecified atom stereocenters. The zero-order valence-corrected chi connectivity index (χ0v) is 11.8. The number of nitriles is 1. The summed E-state index contributed by atoms with van der Waals surface area (Å²) in [5, 5.41) is 18.3. The van der Waals surface area contributed by atoms with E-state index in [-0.39, 0.29) is 6.61 Å². The van der Waals surface area contributed by atoms with Gasteiger partial charge in [0.2, 0.25) is 0 Å². The largest absolute Gasteiger partial charge is 0.388 e. The first-order valence-corrected chi connectivity index (χ1v) is 6.30. The Balaban J connectivity index is 2.60. The molecule has 0 aliphatic heterocycles. The first kappa shape index (κ1) is 14.3. The number of methoxy groups -OCH3 is 1. The second-order valence-electron chi connectivity index (χ2n) is 4.70. The van der Waals surface area contributed by atoms with Crippen LogP contribution in [-0.2, 0) is 18.0 Å². The number of nitrogens with one attached hydrogen (secondary N) is 1. The standard InChI is InChI=1S/C15H17N3O2/c1-9-4-10(2)12(5-11(9)8-20-3)15-13(6-16)17-14(7-19)18-15/h4-5,19H,7-8H2,1-3H3,(H,17,18). The molecule has 0 bridgehead atoms. The van der Waals surface area contributed by atoms with Crippen molar-refractivity contribution in [3.8, 4) is 17.3 Å². The molecule has 20 heavy (non-hydrogen) atoms. The number of ether oxygens (including phenoxy) is 1. The van der Waals surface area contributed by atoms with Crippen LogP contribution in [0.1, 0.15) is 28.2 Å². The van der Waals surface area contributed by atoms with Crippen LogP contribution in [-0.4, -0.2) is 22.2 Å². The van der Waals surface area contributed by atoms with Crippen LogP contribution < -0.4 is 0 Å². The predicted molar refractivity (Wildman–Crippen MR) is 74.8 cm³/mol. The highest BCUT2D eigenvalue weighted by molar-refractivity contribution is 5.70. The molecular weight excluding hydrogens is 254 g/mol. The van der Waals surface area contributed by atoms with E-state index in [1.54, 1.807) is 7.11 Å². The average molecular weight is 271 g/mol. The molecule has 0 amide bonds. The summed E-state index contributed by atoms with van der Waals surface area (Å²) in [6.45, 7) is 4.31. The Morgan fingerprint density at radius 3 is 2.70 bits per heavy atom. The van der Waals surface area contributed by atoms with E-state index in [1.807, 2.05) is 19.9 Å². The third kappa shape index (κ3) is 2.57. The second kappa shape index (κ2) is 5.87. The molecule has 0 aliphatic carbocycles. The van der Waals surface area contributed by atoms with Crippen LogP contribution >= 0.6 is 0 Å². The van der Waals surface area contributed by atoms with Crippen LogP contribution in [0.25, 0.3) is 11.3 Å². The molecule has 0 saturated heterocycles. The van der Waals surface area contributed by atoms with E-state index in [4.69, 9.17) is 15.1 Å². The molecule has 0 spiro atoms. The van der Waals surface area contributed by atoms with Gasteiger partial charge in [-0.15, -0.1) is 0 Å². The number of nitrogens with zero attached hydrogens (tertiary/aromatic N) is 2. The molecule has 0 fully saturated rings. The number of aryl methyl sites for hydroxylation is 2. The van der Waals surface area contributed by atoms with E-state index < -0.39 is 0 Å². The summed E-state index contributed by atoms with van der Waals surface area (Å²) in [5.41, 5.74) is 5.11. The lowest BCUT2D eigenvalue weighted by Crippen LogP contribution is -1.96. The van der Waals surface area contributed by atoms with Crippen molar-refractivity contribution in [1.82, 2.24) is 9.97 Å². The highest BCUT2D eigenvalue weighted by Gasteiger charge is 2.15. The molecule has 2 aromatic rings. The Bertz CT molecular complexity index is 668. The van der Waals surface area contributed by atoms with Crippen LogP contribution in [0.15, 0.2) is 12.1 Å². The van der Waals surface area contributed by atoms with Crippen molar-refractivity contribution in [2.75, 3.05) is 7.11 Å². The topological polar surface area (TPSA) is 81.9 Å². The normalized spacial score (nSPS) is 10.6. The van der Waals surface area contributed by atoms with Crippen molar-refractivity contribution in [1.29, 1.82) is 5.26 Å². The fourth-order valence-corrected chi connectivity index (χ4v) is 2.25. The Hall–Kier alpha value is -2.16. The van der Waals surface area contributed by atoms with Gasteiger partial charge in [0.05, 0.1) is 12.3 Å². The Kier molecular flexibility index (Phi) is 4.18. The van der Waals surface area contributed by atoms with Gasteiger partial charge in [-0.2, -0.15) is 5.26 Å². The minimum atomic E-state index is -0.218. The van der Waals surface area contributed by atoms with E-state index >= 15 is 0 Å². The molecule has 5 nitrogen and oxygen atoms in total. The van der Waals surface area contributed by atoms with Gasteiger partial charge in [-0.25, -0.2) is 4.98 Å². The molecule has 0 aliphatic rings. The molecule has 1 aromatic heterocycles. The number of aromatic nitrogens is 2. The maximum Gasteiger partial charge on any atom is 0.166 e. The van der Waals surface area contributed by atoms with Crippen LogP contribution in [0, 0.1) is 25.2 Å². The summed E-state index contributed by atoms with van der Waals surface area (Å²) in [6, 6.07) is 6.12. The van der Waals surface area contributed by atoms with Crippen molar-refractivity contribution >= 4 is 0 Å². The molecule has 104 valence electrons. The molecule has 1 heterocycles. The number of rotatable bonds is 4. The minimum Gasteiger partial charge on any atom is -0.388 e. The third-order valence-corrected chi connectivity index (χ3v) is 3.26. The molecule has 0 radical (unpaired) electrons. The van der Waals surface area contributed by atoms with Gasteiger partial charge >= 0.3 is 0 Å². The lowest BCUT2D eigenvalue weighted by molar-refractivity contribution is 0.184. The number of H-pyrrole nitrogens is 1. The molecule has 1 aromatic carbocycles. The number of hydrogen-bond donors (Lipinski definition) is 2. The smallest absolute Gasteiger partial charge is 0.166 e. The molecule has 0 atom stereocenters. The van der Waals surface area contributed by atoms with E-state index in [2.05, 4.69) is 22.1 Å². The number of benzene rings is 1. The van der Waals surface area contributed by atoms with Gasteiger partial charge in [0.1, 0.15) is 18.5 Å². The highest BCUT2D eigenvalue weighted by atomic mass is 16.5. The van der Waals surface area contributed by atoms with E-state index in [1.165, 1.54) is 0 Å². The zero-order chi connectivity index (χ0) is 14.7. The highest BCUT2D eigenvalue weighted by Crippen LogP contribution is 2.28. The number of hydrogen-bond acceptors (Lipinski definition) is 4. The fourth-order valence-electron chi connectivity index (χ4n) is 2.25. The Labute approximate surface area is 117 Å². The van der Waals surface area contributed by atoms with E-state index in [9.17, 15) is 0 Å². The van der Waals surface area contributed by atoms with E-state index in [0.29, 0.717) is 23.8 Å². The summed E-state index contributed by atoms with van der Waals surface area (Å²) in [6.07, 6.45) is 0. The number of aliphatic hydroxyl groups excluding tert-OH is 1. The van der Waals surface area contributed by atoms with Gasteiger partial charge in [0.15, 0.2) is 5.69 Å². The first-order chi connectivity index (χ1) is 9.60. The van der Waals surface area contributed by atoms with Gasteiger partial charge in [-0.3, -0.25) is 0 Å². The van der Waals surface area contributed by atoms with Crippen LogP contribution in [0.2, 0.25) is 0 Å². The predicted octanol–water partition coefficient (Wildman–Crippen LogP) is 2.20. The van der Waals surface area contributed by atoms with E-state index in [0.717, 1.165) is 22.3 Å². The van der Waals surface area contributed by atoms with Gasteiger partial charge < -0.3 is 14.8 Å². The molecule has 5 heteroatoms. The zero-order valence-electron chi connectivity index (χ0n) is 11.8. The maximum atomic E-state index is 9.17. The van der Waals surface area contributed by atoms with Crippen LogP contribution in [0.3, 0.4) is 0 Å². The fraction of sp³-hybridized carbons (Fsp3) is 0.333. The summed E-state index contributed by atoms with van der Waals surface area (Å²) in [5.74, 6) is 0.393. The van der Waals surface area contributed by atoms with Gasteiger partial charge in [-0.05, 0) is 36.6 Å². The Morgan fingerprint density at radius 2 is 2.10 bits per heavy atom. The first-order valence-electron chi connectivity index (χ1n) is 6.30. The van der Waals surface area contributed by atoms with Crippen LogP contribution in [0.5, 0.6) is 0 Å². The number of aromatic amines is 1. The van der Waals surface area contributed by atoms with Crippen molar-refractivity contribution in [3.63, 3.8) is 0 Å². The summed E-state index contributed by atoms with van der Waals surface area (Å²) in [4.78, 5) is 7.07. The van der Waals surface area contributed by atoms with Crippen molar-refractivity contribution < 1.29 is 9.84 Å². The van der Waals surface area contributed by atoms with Gasteiger partial charge in [0, 0.05) is 12.7 Å². The number of aliphatic hydroxyl groups is 1. The van der Waals surface area contributed by atoms with Crippen molar-refractivity contribution in [2.45, 2.75) is 27.1 Å². The number of imidazole rings is 1. The maximum absolute atomic E-state index is 9.17. The van der Waals surface area contributed by atoms with Gasteiger partial charge in [0.25, 0.3) is 0 Å². The molecule has 2 rings (SSSR count). The lowest BCUT2D eigenvalue weighted by Gasteiger charge is -2.11. The molecule has 0 saturated carbocycles. The monoisotopic (exact) mass is 271 g/mol. The summed E-state index contributed by atoms with van der Waals surface area (Å²) >= 11 is 0. The average Bonchev–Trinajstić information content (AvgIpc) is 2.85. The lowest BCUT2D eigenvalue weighted by atomic mass is 9.97. The SMILES string of the molecule is COCc1cc(-c2[nH]c(CO)nc2C#N)c(C)cc1C. The molecular formula is C15H17N3O2. The van der Waals surface area contributed by atoms with Crippen molar-refractivity contribution in [2.24, 2.45) is 0 Å². The Morgan fingerprint density at radius 1 is 1.35 bits per heavy atom. The minimum absolute atomic E-state index is 0.218. The third-order valence-electron chi connectivity index (χ3n) is 3.26. The van der Waals surface area contributed by atoms with Crippen LogP contribution in [0.4, 0.5) is 0 Å². The summed E-state index contributed by atoms with van der Waals surface area (Å²) < 4.78 is 5.19. The second-order valence-corrected chi connectivity index (χ2v) is 4.70. The summed E-state index contributed by atoms with van der Waals surface area (Å²) in [7, 11) is 1.65. The van der Waals surface area contributed by atoms with Gasteiger partial charge in [-0.1, -0.05) is 6.07 Å². The quantitative estimate of drug-likeness (QED) is 0.893. The molecule has 2 N–H and O–H groups in total. The van der Waals surface area contributed by atoms with Crippen molar-refractivity contribution in [3.05, 3.63) is 40.3 Å².